The SMILES string of the molecule is ClCCCCCCCCCCOCC1CCO1. The van der Waals surface area contributed by atoms with Crippen LogP contribution in [0.4, 0.5) is 0 Å². The Morgan fingerprint density at radius 3 is 2.06 bits per heavy atom. The Kier molecular flexibility index (Phi) is 10.2. The summed E-state index contributed by atoms with van der Waals surface area (Å²) < 4.78 is 10.8. The fraction of sp³-hybridized carbons (Fsp3) is 1.00. The normalized spacial score (nSPS) is 19.2. The third-order valence-electron chi connectivity index (χ3n) is 3.27. The second-order valence-electron chi connectivity index (χ2n) is 4.87. The fourth-order valence-corrected chi connectivity index (χ4v) is 2.18. The van der Waals surface area contributed by atoms with E-state index in [0.29, 0.717) is 6.10 Å². The summed E-state index contributed by atoms with van der Waals surface area (Å²) >= 11 is 5.63. The minimum atomic E-state index is 0.400. The average Bonchev–Trinajstić information content (AvgIpc) is 2.28. The molecule has 1 unspecified atom stereocenters. The van der Waals surface area contributed by atoms with E-state index in [0.717, 1.165) is 25.7 Å². The van der Waals surface area contributed by atoms with Crippen molar-refractivity contribution in [2.75, 3.05) is 25.7 Å². The van der Waals surface area contributed by atoms with Crippen molar-refractivity contribution in [1.82, 2.24) is 0 Å². The lowest BCUT2D eigenvalue weighted by Crippen LogP contribution is -2.31. The molecular weight excluding hydrogens is 236 g/mol. The minimum Gasteiger partial charge on any atom is -0.379 e. The maximum Gasteiger partial charge on any atom is 0.0830 e. The molecule has 0 amide bonds. The van der Waals surface area contributed by atoms with Crippen LogP contribution in [0.3, 0.4) is 0 Å². The Labute approximate surface area is 111 Å². The van der Waals surface area contributed by atoms with Gasteiger partial charge in [0.05, 0.1) is 12.7 Å². The predicted octanol–water partition coefficient (Wildman–Crippen LogP) is 4.15. The van der Waals surface area contributed by atoms with Gasteiger partial charge in [-0.15, -0.1) is 11.6 Å². The molecule has 1 aliphatic heterocycles. The lowest BCUT2D eigenvalue weighted by atomic mass is 10.1. The Balaban J connectivity index is 1.64. The Morgan fingerprint density at radius 2 is 1.53 bits per heavy atom. The molecule has 1 saturated heterocycles. The third kappa shape index (κ3) is 8.87. The smallest absolute Gasteiger partial charge is 0.0830 e. The van der Waals surface area contributed by atoms with Gasteiger partial charge < -0.3 is 9.47 Å². The molecule has 0 aromatic rings. The van der Waals surface area contributed by atoms with Gasteiger partial charge in [0.1, 0.15) is 0 Å². The molecule has 0 N–H and O–H groups in total. The van der Waals surface area contributed by atoms with E-state index < -0.39 is 0 Å². The van der Waals surface area contributed by atoms with Gasteiger partial charge in [0, 0.05) is 19.1 Å². The second-order valence-corrected chi connectivity index (χ2v) is 5.25. The first-order valence-electron chi connectivity index (χ1n) is 7.19. The van der Waals surface area contributed by atoms with E-state index in [1.165, 1.54) is 57.8 Å². The van der Waals surface area contributed by atoms with Gasteiger partial charge in [-0.2, -0.15) is 0 Å². The van der Waals surface area contributed by atoms with Crippen LogP contribution in [0, 0.1) is 0 Å². The highest BCUT2D eigenvalue weighted by molar-refractivity contribution is 6.17. The summed E-state index contributed by atoms with van der Waals surface area (Å²) in [6, 6.07) is 0. The average molecular weight is 263 g/mol. The van der Waals surface area contributed by atoms with E-state index in [1.807, 2.05) is 0 Å². The number of alkyl halides is 1. The molecule has 17 heavy (non-hydrogen) atoms. The molecule has 1 atom stereocenters. The molecule has 0 aliphatic carbocycles. The Hall–Kier alpha value is 0.210. The summed E-state index contributed by atoms with van der Waals surface area (Å²) in [6.45, 7) is 2.64. The molecule has 1 aliphatic rings. The lowest BCUT2D eigenvalue weighted by molar-refractivity contribution is -0.0939. The zero-order valence-electron chi connectivity index (χ0n) is 11.0. The summed E-state index contributed by atoms with van der Waals surface area (Å²) in [4.78, 5) is 0. The van der Waals surface area contributed by atoms with Crippen molar-refractivity contribution in [3.8, 4) is 0 Å². The highest BCUT2D eigenvalue weighted by Gasteiger charge is 2.17. The summed E-state index contributed by atoms with van der Waals surface area (Å²) in [5.74, 6) is 0.821. The van der Waals surface area contributed by atoms with Crippen molar-refractivity contribution in [1.29, 1.82) is 0 Å². The van der Waals surface area contributed by atoms with Crippen LogP contribution in [0.1, 0.15) is 57.8 Å². The van der Waals surface area contributed by atoms with Gasteiger partial charge in [-0.1, -0.05) is 38.5 Å². The van der Waals surface area contributed by atoms with Crippen LogP contribution in [0.25, 0.3) is 0 Å². The summed E-state index contributed by atoms with van der Waals surface area (Å²) in [5.41, 5.74) is 0. The molecule has 0 radical (unpaired) electrons. The quantitative estimate of drug-likeness (QED) is 0.389. The summed E-state index contributed by atoms with van der Waals surface area (Å²) in [5, 5.41) is 0. The number of rotatable bonds is 12. The van der Waals surface area contributed by atoms with Gasteiger partial charge in [0.25, 0.3) is 0 Å². The van der Waals surface area contributed by atoms with E-state index in [9.17, 15) is 0 Å². The molecule has 0 aromatic heterocycles. The molecule has 1 heterocycles. The maximum absolute atomic E-state index is 5.63. The van der Waals surface area contributed by atoms with Crippen molar-refractivity contribution in [2.45, 2.75) is 63.9 Å². The zero-order chi connectivity index (χ0) is 12.2. The molecule has 0 bridgehead atoms. The van der Waals surface area contributed by atoms with Crippen LogP contribution < -0.4 is 0 Å². The largest absolute Gasteiger partial charge is 0.379 e. The van der Waals surface area contributed by atoms with Gasteiger partial charge in [-0.25, -0.2) is 0 Å². The van der Waals surface area contributed by atoms with Crippen molar-refractivity contribution in [3.05, 3.63) is 0 Å². The first-order chi connectivity index (χ1) is 8.43. The van der Waals surface area contributed by atoms with Crippen LogP contribution >= 0.6 is 11.6 Å². The number of hydrogen-bond acceptors (Lipinski definition) is 2. The first kappa shape index (κ1) is 15.3. The number of ether oxygens (including phenoxy) is 2. The molecule has 1 fully saturated rings. The third-order valence-corrected chi connectivity index (χ3v) is 3.54. The zero-order valence-corrected chi connectivity index (χ0v) is 11.7. The maximum atomic E-state index is 5.63. The standard InChI is InChI=1S/C14H27ClO2/c15-10-7-5-3-1-2-4-6-8-11-16-13-14-9-12-17-14/h14H,1-13H2. The Bertz CT molecular complexity index is 160. The monoisotopic (exact) mass is 262 g/mol. The molecule has 3 heteroatoms. The van der Waals surface area contributed by atoms with Crippen LogP contribution in [0.2, 0.25) is 0 Å². The highest BCUT2D eigenvalue weighted by atomic mass is 35.5. The molecule has 1 rings (SSSR count). The summed E-state index contributed by atoms with van der Waals surface area (Å²) in [6.07, 6.45) is 12.0. The van der Waals surface area contributed by atoms with Crippen molar-refractivity contribution in [2.24, 2.45) is 0 Å². The lowest BCUT2D eigenvalue weighted by Gasteiger charge is -2.25. The molecule has 0 spiro atoms. The van der Waals surface area contributed by atoms with Crippen molar-refractivity contribution in [3.63, 3.8) is 0 Å². The van der Waals surface area contributed by atoms with Gasteiger partial charge >= 0.3 is 0 Å². The molecule has 0 saturated carbocycles. The number of halogens is 1. The van der Waals surface area contributed by atoms with E-state index in [1.54, 1.807) is 0 Å². The van der Waals surface area contributed by atoms with E-state index in [2.05, 4.69) is 0 Å². The van der Waals surface area contributed by atoms with Gasteiger partial charge in [0.15, 0.2) is 0 Å². The second kappa shape index (κ2) is 11.3. The Morgan fingerprint density at radius 1 is 0.941 bits per heavy atom. The van der Waals surface area contributed by atoms with Gasteiger partial charge in [0.2, 0.25) is 0 Å². The van der Waals surface area contributed by atoms with Crippen molar-refractivity contribution < 1.29 is 9.47 Å². The van der Waals surface area contributed by atoms with Crippen LogP contribution in [-0.2, 0) is 9.47 Å². The van der Waals surface area contributed by atoms with E-state index >= 15 is 0 Å². The summed E-state index contributed by atoms with van der Waals surface area (Å²) in [7, 11) is 0. The van der Waals surface area contributed by atoms with Crippen LogP contribution in [0.5, 0.6) is 0 Å². The van der Waals surface area contributed by atoms with E-state index in [-0.39, 0.29) is 0 Å². The van der Waals surface area contributed by atoms with Gasteiger partial charge in [-0.3, -0.25) is 0 Å². The first-order valence-corrected chi connectivity index (χ1v) is 7.72. The van der Waals surface area contributed by atoms with Gasteiger partial charge in [-0.05, 0) is 19.3 Å². The molecule has 2 nitrogen and oxygen atoms in total. The molecular formula is C14H27ClO2. The molecule has 102 valence electrons. The predicted molar refractivity (Wildman–Crippen MR) is 72.8 cm³/mol. The topological polar surface area (TPSA) is 18.5 Å². The van der Waals surface area contributed by atoms with Crippen LogP contribution in [0.15, 0.2) is 0 Å². The molecule has 0 aromatic carbocycles. The fourth-order valence-electron chi connectivity index (χ4n) is 1.99. The van der Waals surface area contributed by atoms with E-state index in [4.69, 9.17) is 21.1 Å². The van der Waals surface area contributed by atoms with Crippen LogP contribution in [-0.4, -0.2) is 31.8 Å². The van der Waals surface area contributed by atoms with Crippen molar-refractivity contribution >= 4 is 11.6 Å². The number of hydrogen-bond donors (Lipinski definition) is 0. The number of unbranched alkanes of at least 4 members (excludes halogenated alkanes) is 7. The minimum absolute atomic E-state index is 0.400. The highest BCUT2D eigenvalue weighted by Crippen LogP contribution is 2.12.